The number of nitrogens with zero attached hydrogens (tertiary/aromatic N) is 2. The molecule has 2 N–H and O–H groups in total. The SMILES string of the molecule is CCC1CCC(c2c(C3CCCCC3)oc3ncnc(NCCCCCC(=O)O)c23)CC1. The molecule has 0 saturated heterocycles. The second kappa shape index (κ2) is 11.2. The van der Waals surface area contributed by atoms with Gasteiger partial charge in [-0.3, -0.25) is 4.79 Å². The number of furan rings is 1. The maximum absolute atomic E-state index is 10.7. The minimum absolute atomic E-state index is 0.245. The predicted molar refractivity (Wildman–Crippen MR) is 127 cm³/mol. The van der Waals surface area contributed by atoms with E-state index in [1.54, 1.807) is 6.33 Å². The zero-order valence-electron chi connectivity index (χ0n) is 19.6. The van der Waals surface area contributed by atoms with Crippen LogP contribution in [0, 0.1) is 5.92 Å². The first-order valence-corrected chi connectivity index (χ1v) is 12.9. The van der Waals surface area contributed by atoms with Crippen molar-refractivity contribution in [2.45, 2.75) is 109 Å². The summed E-state index contributed by atoms with van der Waals surface area (Å²) in [6.45, 7) is 3.11. The molecule has 0 bridgehead atoms. The number of fused-ring (bicyclic) bond motifs is 1. The number of nitrogens with one attached hydrogen (secondary N) is 1. The number of aromatic nitrogens is 2. The molecule has 0 amide bonds. The van der Waals surface area contributed by atoms with Gasteiger partial charge in [0.1, 0.15) is 17.9 Å². The third kappa shape index (κ3) is 5.44. The number of aliphatic carboxylic acids is 1. The van der Waals surface area contributed by atoms with E-state index in [9.17, 15) is 4.79 Å². The third-order valence-electron chi connectivity index (χ3n) is 7.72. The summed E-state index contributed by atoms with van der Waals surface area (Å²) in [5, 5.41) is 13.5. The van der Waals surface area contributed by atoms with Gasteiger partial charge in [-0.2, -0.15) is 0 Å². The van der Waals surface area contributed by atoms with E-state index >= 15 is 0 Å². The van der Waals surface area contributed by atoms with Crippen LogP contribution in [0.5, 0.6) is 0 Å². The number of carboxylic acid groups (broad SMARTS) is 1. The molecule has 2 aromatic heterocycles. The lowest BCUT2D eigenvalue weighted by Gasteiger charge is -2.30. The van der Waals surface area contributed by atoms with E-state index in [1.807, 2.05) is 0 Å². The van der Waals surface area contributed by atoms with Gasteiger partial charge in [-0.05, 0) is 63.2 Å². The van der Waals surface area contributed by atoms with Gasteiger partial charge in [0.2, 0.25) is 5.71 Å². The lowest BCUT2D eigenvalue weighted by atomic mass is 9.75. The Balaban J connectivity index is 1.57. The molecule has 6 heteroatoms. The molecule has 2 fully saturated rings. The van der Waals surface area contributed by atoms with Gasteiger partial charge >= 0.3 is 5.97 Å². The number of carboxylic acids is 1. The molecule has 32 heavy (non-hydrogen) atoms. The maximum Gasteiger partial charge on any atom is 0.303 e. The van der Waals surface area contributed by atoms with E-state index in [1.165, 1.54) is 75.5 Å². The molecule has 0 aromatic carbocycles. The third-order valence-corrected chi connectivity index (χ3v) is 7.72. The Kier molecular flexibility index (Phi) is 8.04. The van der Waals surface area contributed by atoms with Gasteiger partial charge in [-0.1, -0.05) is 39.0 Å². The molecule has 2 heterocycles. The predicted octanol–water partition coefficient (Wildman–Crippen LogP) is 7.01. The molecule has 0 radical (unpaired) electrons. The van der Waals surface area contributed by atoms with Gasteiger partial charge in [-0.15, -0.1) is 0 Å². The van der Waals surface area contributed by atoms with E-state index < -0.39 is 5.97 Å². The highest BCUT2D eigenvalue weighted by atomic mass is 16.4. The van der Waals surface area contributed by atoms with Crippen molar-refractivity contribution in [3.8, 4) is 0 Å². The number of hydrogen-bond acceptors (Lipinski definition) is 5. The smallest absolute Gasteiger partial charge is 0.303 e. The average Bonchev–Trinajstić information content (AvgIpc) is 3.22. The first-order valence-electron chi connectivity index (χ1n) is 12.9. The van der Waals surface area contributed by atoms with Crippen molar-refractivity contribution in [2.75, 3.05) is 11.9 Å². The van der Waals surface area contributed by atoms with E-state index in [4.69, 9.17) is 9.52 Å². The quantitative estimate of drug-likeness (QED) is 0.385. The van der Waals surface area contributed by atoms with Crippen LogP contribution < -0.4 is 5.32 Å². The van der Waals surface area contributed by atoms with E-state index in [2.05, 4.69) is 22.2 Å². The van der Waals surface area contributed by atoms with Gasteiger partial charge in [0.25, 0.3) is 0 Å². The molecule has 2 aromatic rings. The van der Waals surface area contributed by atoms with Crippen LogP contribution in [0.25, 0.3) is 11.1 Å². The Hall–Kier alpha value is -2.11. The van der Waals surface area contributed by atoms with Crippen molar-refractivity contribution < 1.29 is 14.3 Å². The van der Waals surface area contributed by atoms with Gasteiger partial charge in [0, 0.05) is 24.4 Å². The highest BCUT2D eigenvalue weighted by Gasteiger charge is 2.33. The van der Waals surface area contributed by atoms with Gasteiger partial charge in [0.05, 0.1) is 5.39 Å². The summed E-state index contributed by atoms with van der Waals surface area (Å²) in [6.07, 6.45) is 17.1. The average molecular weight is 442 g/mol. The highest BCUT2D eigenvalue weighted by molar-refractivity contribution is 5.90. The normalized spacial score (nSPS) is 22.3. The molecule has 0 unspecified atom stereocenters. The van der Waals surface area contributed by atoms with E-state index in [0.29, 0.717) is 11.8 Å². The van der Waals surface area contributed by atoms with Crippen LogP contribution in [0.15, 0.2) is 10.7 Å². The number of hydrogen-bond donors (Lipinski definition) is 2. The topological polar surface area (TPSA) is 88.3 Å². The van der Waals surface area contributed by atoms with Crippen LogP contribution in [0.3, 0.4) is 0 Å². The fourth-order valence-electron chi connectivity index (χ4n) is 5.82. The zero-order valence-corrected chi connectivity index (χ0v) is 19.6. The Morgan fingerprint density at radius 1 is 1.03 bits per heavy atom. The second-order valence-electron chi connectivity index (χ2n) is 9.87. The maximum atomic E-state index is 10.7. The van der Waals surface area contributed by atoms with Crippen LogP contribution in [-0.2, 0) is 4.79 Å². The van der Waals surface area contributed by atoms with E-state index in [-0.39, 0.29) is 6.42 Å². The number of rotatable bonds is 10. The summed E-state index contributed by atoms with van der Waals surface area (Å²) >= 11 is 0. The van der Waals surface area contributed by atoms with E-state index in [0.717, 1.165) is 48.6 Å². The molecular formula is C26H39N3O3. The number of unbranched alkanes of at least 4 members (excludes halogenated alkanes) is 2. The molecule has 0 aliphatic heterocycles. The standard InChI is InChI=1S/C26H39N3O3/c1-2-18-12-14-19(15-13-18)22-23-25(27-16-8-4-7-11-21(30)31)28-17-29-26(23)32-24(22)20-9-5-3-6-10-20/h17-20H,2-16H2,1H3,(H,30,31)(H,27,28,29). The van der Waals surface area contributed by atoms with Crippen molar-refractivity contribution in [3.63, 3.8) is 0 Å². The van der Waals surface area contributed by atoms with Gasteiger partial charge < -0.3 is 14.8 Å². The minimum Gasteiger partial charge on any atom is -0.481 e. The summed E-state index contributed by atoms with van der Waals surface area (Å²) in [5.74, 6) is 3.30. The Morgan fingerprint density at radius 2 is 1.81 bits per heavy atom. The molecule has 6 nitrogen and oxygen atoms in total. The second-order valence-corrected chi connectivity index (χ2v) is 9.87. The largest absolute Gasteiger partial charge is 0.481 e. The molecule has 4 rings (SSSR count). The molecule has 176 valence electrons. The monoisotopic (exact) mass is 441 g/mol. The van der Waals surface area contributed by atoms with Crippen LogP contribution in [0.4, 0.5) is 5.82 Å². The first kappa shape index (κ1) is 23.1. The van der Waals surface area contributed by atoms with Crippen LogP contribution in [0.2, 0.25) is 0 Å². The number of carbonyl (C=O) groups is 1. The summed E-state index contributed by atoms with van der Waals surface area (Å²) in [6, 6.07) is 0. The zero-order chi connectivity index (χ0) is 22.3. The first-order chi connectivity index (χ1) is 15.7. The van der Waals surface area contributed by atoms with Crippen molar-refractivity contribution in [3.05, 3.63) is 17.7 Å². The molecule has 2 saturated carbocycles. The molecular weight excluding hydrogens is 402 g/mol. The summed E-state index contributed by atoms with van der Waals surface area (Å²) in [4.78, 5) is 19.9. The van der Waals surface area contributed by atoms with Crippen LogP contribution in [0.1, 0.15) is 120 Å². The highest BCUT2D eigenvalue weighted by Crippen LogP contribution is 2.47. The van der Waals surface area contributed by atoms with Crippen molar-refractivity contribution in [1.82, 2.24) is 9.97 Å². The van der Waals surface area contributed by atoms with Crippen molar-refractivity contribution in [1.29, 1.82) is 0 Å². The fraction of sp³-hybridized carbons (Fsp3) is 0.731. The lowest BCUT2D eigenvalue weighted by molar-refractivity contribution is -0.137. The molecule has 0 atom stereocenters. The molecule has 0 spiro atoms. The molecule has 2 aliphatic carbocycles. The fourth-order valence-corrected chi connectivity index (χ4v) is 5.82. The van der Waals surface area contributed by atoms with Crippen LogP contribution >= 0.6 is 0 Å². The van der Waals surface area contributed by atoms with Gasteiger partial charge in [0.15, 0.2) is 0 Å². The summed E-state index contributed by atoms with van der Waals surface area (Å²) < 4.78 is 6.50. The van der Waals surface area contributed by atoms with Crippen molar-refractivity contribution >= 4 is 22.9 Å². The molecule has 2 aliphatic rings. The Bertz CT molecular complexity index is 880. The van der Waals surface area contributed by atoms with Crippen LogP contribution in [-0.4, -0.2) is 27.6 Å². The Labute approximate surface area is 191 Å². The number of anilines is 1. The lowest BCUT2D eigenvalue weighted by Crippen LogP contribution is -2.15. The summed E-state index contributed by atoms with van der Waals surface area (Å²) in [5.41, 5.74) is 2.14. The van der Waals surface area contributed by atoms with Gasteiger partial charge in [-0.25, -0.2) is 9.97 Å². The Morgan fingerprint density at radius 3 is 2.53 bits per heavy atom. The minimum atomic E-state index is -0.716. The summed E-state index contributed by atoms with van der Waals surface area (Å²) in [7, 11) is 0. The van der Waals surface area contributed by atoms with Crippen molar-refractivity contribution in [2.24, 2.45) is 5.92 Å².